The second kappa shape index (κ2) is 12.7. The van der Waals surface area contributed by atoms with Gasteiger partial charge >= 0.3 is 19.7 Å². The summed E-state index contributed by atoms with van der Waals surface area (Å²) in [6.07, 6.45) is 4.12. The number of nitrogens with zero attached hydrogens (tertiary/aromatic N) is 4. The summed E-state index contributed by atoms with van der Waals surface area (Å²) < 4.78 is 45.8. The first kappa shape index (κ1) is 33.0. The summed E-state index contributed by atoms with van der Waals surface area (Å²) in [5.74, 6) is -0.728. The second-order valence-electron chi connectivity index (χ2n) is 13.1. The molecule has 2 aromatic heterocycles. The Morgan fingerprint density at radius 1 is 1.14 bits per heavy atom. The predicted molar refractivity (Wildman–Crippen MR) is 176 cm³/mol. The summed E-state index contributed by atoms with van der Waals surface area (Å²) in [6.45, 7) is 2.33. The van der Waals surface area contributed by atoms with Gasteiger partial charge in [-0.15, -0.1) is 0 Å². The molecule has 3 N–H and O–H groups in total. The molecule has 4 aromatic rings. The van der Waals surface area contributed by atoms with Crippen LogP contribution in [0.4, 0.5) is 5.82 Å². The third kappa shape index (κ3) is 6.35. The van der Waals surface area contributed by atoms with E-state index in [0.29, 0.717) is 22.0 Å². The lowest BCUT2D eigenvalue weighted by molar-refractivity contribution is -0.169. The van der Waals surface area contributed by atoms with Gasteiger partial charge in [-0.25, -0.2) is 14.1 Å². The van der Waals surface area contributed by atoms with Crippen molar-refractivity contribution in [3.05, 3.63) is 66.6 Å². The average molecular weight is 689 g/mol. The molecule has 256 valence electrons. The van der Waals surface area contributed by atoms with Crippen molar-refractivity contribution in [2.24, 2.45) is 5.41 Å². The van der Waals surface area contributed by atoms with Crippen LogP contribution in [0.5, 0.6) is 5.75 Å². The lowest BCUT2D eigenvalue weighted by atomic mass is 9.55. The van der Waals surface area contributed by atoms with Crippen LogP contribution in [0.1, 0.15) is 58.1 Å². The average Bonchev–Trinajstić information content (AvgIpc) is 3.63. The van der Waals surface area contributed by atoms with Gasteiger partial charge in [0.05, 0.1) is 12.3 Å². The highest BCUT2D eigenvalue weighted by molar-refractivity contribution is 7.52. The molecule has 3 fully saturated rings. The SMILES string of the molecule is CC(=O)O[C@H]1CC(C#N)(c2ccc3c(N)ncnn23)O[C@@H]1COP(=O)(N[C@@H](C)C(=O)OC1CC2(CCC2)C1)Oc1cccc2ccccc12. The molecule has 49 heavy (non-hydrogen) atoms. The number of carbonyl (C=O) groups is 2. The molecule has 15 heteroatoms. The molecule has 1 aliphatic heterocycles. The number of nitriles is 1. The largest absolute Gasteiger partial charge is 0.461 e. The molecule has 1 spiro atoms. The number of ether oxygens (including phenoxy) is 3. The minimum Gasteiger partial charge on any atom is -0.461 e. The number of rotatable bonds is 11. The van der Waals surface area contributed by atoms with E-state index in [9.17, 15) is 19.4 Å². The minimum atomic E-state index is -4.38. The summed E-state index contributed by atoms with van der Waals surface area (Å²) in [7, 11) is -4.38. The van der Waals surface area contributed by atoms with E-state index >= 15 is 0 Å². The van der Waals surface area contributed by atoms with Gasteiger partial charge in [0, 0.05) is 18.7 Å². The van der Waals surface area contributed by atoms with Gasteiger partial charge in [-0.2, -0.15) is 15.4 Å². The highest BCUT2D eigenvalue weighted by Crippen LogP contribution is 2.57. The zero-order valence-electron chi connectivity index (χ0n) is 27.1. The van der Waals surface area contributed by atoms with Crippen LogP contribution in [0.2, 0.25) is 0 Å². The number of hydrogen-bond acceptors (Lipinski definition) is 12. The standard InChI is InChI=1S/C34H37N6O8P/c1-21(32(42)46-24-15-33(16-24)13-6-14-33)39-49(43,48-27-10-5-8-23-7-3-4-9-25(23)27)44-18-29-28(45-22(2)41)17-34(19-35,47-29)30-12-11-26-31(36)37-20-38-40(26)30/h3-5,7-12,20-21,24,28-29H,6,13-18H2,1-2H3,(H,39,43)(H2,36,37,38)/t21-,28-,29+,34?,49?/m0/s1. The van der Waals surface area contributed by atoms with Crippen molar-refractivity contribution in [3.8, 4) is 11.8 Å². The fourth-order valence-corrected chi connectivity index (χ4v) is 8.64. The molecule has 0 bridgehead atoms. The number of carbonyl (C=O) groups excluding carboxylic acids is 2. The third-order valence-electron chi connectivity index (χ3n) is 9.75. The van der Waals surface area contributed by atoms with Gasteiger partial charge < -0.3 is 24.5 Å². The van der Waals surface area contributed by atoms with Crippen LogP contribution < -0.4 is 15.3 Å². The molecule has 7 rings (SSSR count). The van der Waals surface area contributed by atoms with Crippen LogP contribution in [0, 0.1) is 16.7 Å². The Morgan fingerprint density at radius 3 is 2.65 bits per heavy atom. The normalized spacial score (nSPS) is 24.8. The maximum atomic E-state index is 14.6. The van der Waals surface area contributed by atoms with Crippen LogP contribution in [-0.2, 0) is 38.5 Å². The lowest BCUT2D eigenvalue weighted by Crippen LogP contribution is -2.49. The van der Waals surface area contributed by atoms with E-state index in [1.165, 1.54) is 31.1 Å². The number of nitrogens with two attached hydrogens (primary N) is 1. The van der Waals surface area contributed by atoms with Crippen LogP contribution in [0.3, 0.4) is 0 Å². The molecule has 2 aliphatic carbocycles. The first-order valence-electron chi connectivity index (χ1n) is 16.3. The van der Waals surface area contributed by atoms with Crippen molar-refractivity contribution >= 4 is 41.8 Å². The molecule has 5 atom stereocenters. The summed E-state index contributed by atoms with van der Waals surface area (Å²) in [6, 6.07) is 17.1. The highest BCUT2D eigenvalue weighted by Gasteiger charge is 2.53. The van der Waals surface area contributed by atoms with Gasteiger partial charge in [-0.3, -0.25) is 14.1 Å². The molecule has 2 saturated carbocycles. The quantitative estimate of drug-likeness (QED) is 0.159. The number of anilines is 1. The smallest absolute Gasteiger partial charge is 0.459 e. The van der Waals surface area contributed by atoms with E-state index in [2.05, 4.69) is 21.2 Å². The maximum Gasteiger partial charge on any atom is 0.459 e. The Balaban J connectivity index is 1.14. The van der Waals surface area contributed by atoms with Gasteiger partial charge in [-0.05, 0) is 61.6 Å². The van der Waals surface area contributed by atoms with E-state index in [-0.39, 0.29) is 24.1 Å². The first-order valence-corrected chi connectivity index (χ1v) is 17.8. The number of benzene rings is 2. The van der Waals surface area contributed by atoms with Gasteiger partial charge in [0.25, 0.3) is 0 Å². The molecular formula is C34H37N6O8P. The number of hydrogen-bond donors (Lipinski definition) is 2. The lowest BCUT2D eigenvalue weighted by Gasteiger charge is -2.53. The summed E-state index contributed by atoms with van der Waals surface area (Å²) in [5.41, 5.74) is 5.48. The number of esters is 2. The Hall–Kier alpha value is -4.54. The van der Waals surface area contributed by atoms with Crippen molar-refractivity contribution < 1.29 is 37.4 Å². The van der Waals surface area contributed by atoms with Crippen molar-refractivity contribution in [2.75, 3.05) is 12.3 Å². The number of nitrogens with one attached hydrogen (secondary N) is 1. The second-order valence-corrected chi connectivity index (χ2v) is 14.8. The van der Waals surface area contributed by atoms with E-state index in [1.807, 2.05) is 30.3 Å². The van der Waals surface area contributed by atoms with Crippen LogP contribution >= 0.6 is 7.75 Å². The van der Waals surface area contributed by atoms with E-state index in [0.717, 1.165) is 31.1 Å². The molecule has 0 amide bonds. The molecule has 1 saturated heterocycles. The fourth-order valence-electron chi connectivity index (χ4n) is 7.12. The molecular weight excluding hydrogens is 651 g/mol. The Kier molecular flexibility index (Phi) is 8.57. The molecule has 2 unspecified atom stereocenters. The van der Waals surface area contributed by atoms with E-state index < -0.39 is 50.1 Å². The molecule has 2 aromatic carbocycles. The Bertz CT molecular complexity index is 2000. The number of aromatic nitrogens is 3. The van der Waals surface area contributed by atoms with Crippen LogP contribution in [0.25, 0.3) is 16.3 Å². The predicted octanol–water partition coefficient (Wildman–Crippen LogP) is 4.96. The highest BCUT2D eigenvalue weighted by atomic mass is 31.2. The van der Waals surface area contributed by atoms with E-state index in [4.69, 9.17) is 29.0 Å². The van der Waals surface area contributed by atoms with Crippen molar-refractivity contribution in [3.63, 3.8) is 0 Å². The zero-order valence-corrected chi connectivity index (χ0v) is 28.0. The monoisotopic (exact) mass is 688 g/mol. The molecule has 3 heterocycles. The third-order valence-corrected chi connectivity index (χ3v) is 11.4. The Morgan fingerprint density at radius 2 is 1.92 bits per heavy atom. The van der Waals surface area contributed by atoms with Crippen molar-refractivity contribution in [2.45, 2.75) is 82.3 Å². The van der Waals surface area contributed by atoms with Crippen LogP contribution in [-0.4, -0.2) is 57.5 Å². The maximum absolute atomic E-state index is 14.6. The molecule has 14 nitrogen and oxygen atoms in total. The van der Waals surface area contributed by atoms with Gasteiger partial charge in [0.1, 0.15) is 48.0 Å². The Labute approximate surface area is 282 Å². The zero-order chi connectivity index (χ0) is 34.4. The first-order chi connectivity index (χ1) is 23.5. The number of nitrogen functional groups attached to an aromatic ring is 1. The van der Waals surface area contributed by atoms with Crippen molar-refractivity contribution in [1.82, 2.24) is 19.7 Å². The van der Waals surface area contributed by atoms with Gasteiger partial charge in [-0.1, -0.05) is 42.8 Å². The number of fused-ring (bicyclic) bond motifs is 2. The summed E-state index contributed by atoms with van der Waals surface area (Å²) in [4.78, 5) is 29.3. The van der Waals surface area contributed by atoms with Gasteiger partial charge in [0.15, 0.2) is 5.82 Å². The molecule has 3 aliphatic rings. The fraction of sp³-hybridized carbons (Fsp3) is 0.441. The molecule has 0 radical (unpaired) electrons. The summed E-state index contributed by atoms with van der Waals surface area (Å²) >= 11 is 0. The summed E-state index contributed by atoms with van der Waals surface area (Å²) in [5, 5.41) is 19.0. The van der Waals surface area contributed by atoms with E-state index in [1.54, 1.807) is 24.3 Å². The van der Waals surface area contributed by atoms with Crippen LogP contribution in [0.15, 0.2) is 60.9 Å². The van der Waals surface area contributed by atoms with Crippen molar-refractivity contribution in [1.29, 1.82) is 5.26 Å². The topological polar surface area (TPSA) is 189 Å². The van der Waals surface area contributed by atoms with Gasteiger partial charge in [0.2, 0.25) is 5.60 Å². The minimum absolute atomic E-state index is 0.0827.